The number of ether oxygens (including phenoxy) is 1. The number of hydrogen-bond donors (Lipinski definition) is 1. The Morgan fingerprint density at radius 1 is 1.42 bits per heavy atom. The first-order valence-corrected chi connectivity index (χ1v) is 4.61. The fourth-order valence-corrected chi connectivity index (χ4v) is 0.714. The van der Waals surface area contributed by atoms with Gasteiger partial charge in [-0.2, -0.15) is 0 Å². The molecule has 0 saturated carbocycles. The zero-order valence-corrected chi connectivity index (χ0v) is 8.47. The summed E-state index contributed by atoms with van der Waals surface area (Å²) in [5.74, 6) is 0.601. The maximum Gasteiger partial charge on any atom is 0.0594 e. The van der Waals surface area contributed by atoms with Crippen molar-refractivity contribution in [2.75, 3.05) is 19.7 Å². The highest BCUT2D eigenvalue weighted by atomic mass is 16.5. The molecule has 0 aromatic heterocycles. The van der Waals surface area contributed by atoms with E-state index in [0.717, 1.165) is 19.7 Å². The fraction of sp³-hybridized carbons (Fsp3) is 0.800. The summed E-state index contributed by atoms with van der Waals surface area (Å²) in [5.41, 5.74) is 0. The average molecular weight is 171 g/mol. The summed E-state index contributed by atoms with van der Waals surface area (Å²) in [7, 11) is 0. The molecule has 0 aliphatic heterocycles. The van der Waals surface area contributed by atoms with Gasteiger partial charge in [0, 0.05) is 13.1 Å². The summed E-state index contributed by atoms with van der Waals surface area (Å²) in [6, 6.07) is 0. The molecule has 1 unspecified atom stereocenters. The molecule has 2 nitrogen and oxygen atoms in total. The molecule has 1 N–H and O–H groups in total. The van der Waals surface area contributed by atoms with Gasteiger partial charge < -0.3 is 10.1 Å². The van der Waals surface area contributed by atoms with Gasteiger partial charge in [0.05, 0.1) is 12.7 Å². The van der Waals surface area contributed by atoms with E-state index in [1.807, 2.05) is 6.08 Å². The summed E-state index contributed by atoms with van der Waals surface area (Å²) in [6.45, 7) is 12.6. The van der Waals surface area contributed by atoms with Gasteiger partial charge in [-0.05, 0) is 12.8 Å². The first-order valence-electron chi connectivity index (χ1n) is 4.61. The minimum Gasteiger partial charge on any atom is -0.377 e. The van der Waals surface area contributed by atoms with Crippen molar-refractivity contribution in [2.24, 2.45) is 5.92 Å². The standard InChI is InChI=1S/C10H21NO/c1-5-6-11-7-8-12-10(4)9(2)3/h5,9-11H,1,6-8H2,2-4H3. The second-order valence-electron chi connectivity index (χ2n) is 3.31. The predicted octanol–water partition coefficient (Wildman–Crippen LogP) is 1.82. The molecule has 0 rings (SSSR count). The summed E-state index contributed by atoms with van der Waals surface area (Å²) in [6.07, 6.45) is 2.21. The van der Waals surface area contributed by atoms with Crippen LogP contribution in [0.25, 0.3) is 0 Å². The van der Waals surface area contributed by atoms with Crippen LogP contribution in [-0.2, 0) is 4.74 Å². The average Bonchev–Trinajstić information content (AvgIpc) is 2.03. The van der Waals surface area contributed by atoms with E-state index in [9.17, 15) is 0 Å². The van der Waals surface area contributed by atoms with E-state index >= 15 is 0 Å². The molecule has 1 atom stereocenters. The molecule has 0 spiro atoms. The van der Waals surface area contributed by atoms with Gasteiger partial charge in [-0.3, -0.25) is 0 Å². The third-order valence-electron chi connectivity index (χ3n) is 1.89. The lowest BCUT2D eigenvalue weighted by atomic mass is 10.1. The lowest BCUT2D eigenvalue weighted by Crippen LogP contribution is -2.24. The Kier molecular flexibility index (Phi) is 7.11. The third-order valence-corrected chi connectivity index (χ3v) is 1.89. The fourth-order valence-electron chi connectivity index (χ4n) is 0.714. The largest absolute Gasteiger partial charge is 0.377 e. The summed E-state index contributed by atoms with van der Waals surface area (Å²) < 4.78 is 5.55. The van der Waals surface area contributed by atoms with E-state index < -0.39 is 0 Å². The Balaban J connectivity index is 3.13. The molecule has 12 heavy (non-hydrogen) atoms. The van der Waals surface area contributed by atoms with Crippen molar-refractivity contribution in [1.82, 2.24) is 5.32 Å². The molecule has 0 aromatic carbocycles. The molecule has 0 aliphatic rings. The van der Waals surface area contributed by atoms with E-state index in [0.29, 0.717) is 12.0 Å². The summed E-state index contributed by atoms with van der Waals surface area (Å²) in [4.78, 5) is 0. The van der Waals surface area contributed by atoms with Gasteiger partial charge in [0.25, 0.3) is 0 Å². The van der Waals surface area contributed by atoms with E-state index in [1.54, 1.807) is 0 Å². The number of rotatable bonds is 7. The van der Waals surface area contributed by atoms with Crippen LogP contribution in [0.3, 0.4) is 0 Å². The molecule has 0 saturated heterocycles. The van der Waals surface area contributed by atoms with Gasteiger partial charge in [0.2, 0.25) is 0 Å². The summed E-state index contributed by atoms with van der Waals surface area (Å²) in [5, 5.41) is 3.19. The van der Waals surface area contributed by atoms with Crippen LogP contribution < -0.4 is 5.32 Å². The lowest BCUT2D eigenvalue weighted by molar-refractivity contribution is 0.0378. The van der Waals surface area contributed by atoms with Crippen LogP contribution in [0.5, 0.6) is 0 Å². The van der Waals surface area contributed by atoms with Crippen LogP contribution in [0.15, 0.2) is 12.7 Å². The van der Waals surface area contributed by atoms with Crippen molar-refractivity contribution in [3.8, 4) is 0 Å². The highest BCUT2D eigenvalue weighted by Gasteiger charge is 2.05. The van der Waals surface area contributed by atoms with Gasteiger partial charge in [-0.1, -0.05) is 19.9 Å². The van der Waals surface area contributed by atoms with Crippen molar-refractivity contribution in [3.05, 3.63) is 12.7 Å². The van der Waals surface area contributed by atoms with Crippen LogP contribution in [0.2, 0.25) is 0 Å². The number of hydrogen-bond acceptors (Lipinski definition) is 2. The van der Waals surface area contributed by atoms with Crippen LogP contribution in [0.4, 0.5) is 0 Å². The van der Waals surface area contributed by atoms with Crippen LogP contribution >= 0.6 is 0 Å². The molecule has 0 aliphatic carbocycles. The first-order chi connectivity index (χ1) is 5.68. The highest BCUT2D eigenvalue weighted by molar-refractivity contribution is 4.69. The maximum atomic E-state index is 5.55. The minimum atomic E-state index is 0.357. The normalized spacial score (nSPS) is 13.3. The first kappa shape index (κ1) is 11.7. The topological polar surface area (TPSA) is 21.3 Å². The van der Waals surface area contributed by atoms with E-state index in [1.165, 1.54) is 0 Å². The molecule has 0 fully saturated rings. The van der Waals surface area contributed by atoms with Crippen molar-refractivity contribution < 1.29 is 4.74 Å². The Hall–Kier alpha value is -0.340. The van der Waals surface area contributed by atoms with Crippen molar-refractivity contribution in [3.63, 3.8) is 0 Å². The molecule has 2 heteroatoms. The van der Waals surface area contributed by atoms with Gasteiger partial charge in [-0.25, -0.2) is 0 Å². The van der Waals surface area contributed by atoms with Crippen molar-refractivity contribution in [1.29, 1.82) is 0 Å². The van der Waals surface area contributed by atoms with Gasteiger partial charge >= 0.3 is 0 Å². The molecular weight excluding hydrogens is 150 g/mol. The molecular formula is C10H21NO. The van der Waals surface area contributed by atoms with Crippen LogP contribution in [-0.4, -0.2) is 25.8 Å². The van der Waals surface area contributed by atoms with Crippen LogP contribution in [0.1, 0.15) is 20.8 Å². The molecule has 0 amide bonds. The smallest absolute Gasteiger partial charge is 0.0594 e. The van der Waals surface area contributed by atoms with Crippen molar-refractivity contribution >= 4 is 0 Å². The second-order valence-corrected chi connectivity index (χ2v) is 3.31. The van der Waals surface area contributed by atoms with Gasteiger partial charge in [0.15, 0.2) is 0 Å². The van der Waals surface area contributed by atoms with Gasteiger partial charge in [0.1, 0.15) is 0 Å². The molecule has 72 valence electrons. The van der Waals surface area contributed by atoms with Gasteiger partial charge in [-0.15, -0.1) is 6.58 Å². The Morgan fingerprint density at radius 3 is 2.58 bits per heavy atom. The molecule has 0 bridgehead atoms. The second kappa shape index (κ2) is 7.32. The van der Waals surface area contributed by atoms with E-state index in [2.05, 4.69) is 32.7 Å². The lowest BCUT2D eigenvalue weighted by Gasteiger charge is -2.16. The van der Waals surface area contributed by atoms with Crippen LogP contribution in [0, 0.1) is 5.92 Å². The Bertz CT molecular complexity index is 112. The Morgan fingerprint density at radius 2 is 2.08 bits per heavy atom. The quantitative estimate of drug-likeness (QED) is 0.466. The molecule has 0 aromatic rings. The molecule has 0 radical (unpaired) electrons. The van der Waals surface area contributed by atoms with E-state index in [-0.39, 0.29) is 0 Å². The maximum absolute atomic E-state index is 5.55. The monoisotopic (exact) mass is 171 g/mol. The highest BCUT2D eigenvalue weighted by Crippen LogP contribution is 2.03. The minimum absolute atomic E-state index is 0.357. The zero-order chi connectivity index (χ0) is 9.40. The molecule has 0 heterocycles. The summed E-state index contributed by atoms with van der Waals surface area (Å²) >= 11 is 0. The zero-order valence-electron chi connectivity index (χ0n) is 8.47. The third kappa shape index (κ3) is 6.38. The number of nitrogens with one attached hydrogen (secondary N) is 1. The van der Waals surface area contributed by atoms with E-state index in [4.69, 9.17) is 4.74 Å². The predicted molar refractivity (Wildman–Crippen MR) is 53.3 cm³/mol. The Labute approximate surface area is 76.0 Å². The SMILES string of the molecule is C=CCNCCOC(C)C(C)C. The van der Waals surface area contributed by atoms with Crippen molar-refractivity contribution in [2.45, 2.75) is 26.9 Å².